The molecule has 1 aromatic carbocycles. The summed E-state index contributed by atoms with van der Waals surface area (Å²) in [5, 5.41) is 2.91. The predicted molar refractivity (Wildman–Crippen MR) is 140 cm³/mol. The molecule has 0 bridgehead atoms. The van der Waals surface area contributed by atoms with Crippen molar-refractivity contribution in [2.45, 2.75) is 53.2 Å². The zero-order chi connectivity index (χ0) is 25.4. The number of amides is 1. The Hall–Kier alpha value is -3.66. The third-order valence-electron chi connectivity index (χ3n) is 5.30. The quantitative estimate of drug-likeness (QED) is 0.389. The van der Waals surface area contributed by atoms with E-state index in [4.69, 9.17) is 10.5 Å². The maximum Gasteiger partial charge on any atom is 0.330 e. The van der Waals surface area contributed by atoms with Crippen LogP contribution in [-0.2, 0) is 17.9 Å². The van der Waals surface area contributed by atoms with Crippen LogP contribution in [0.2, 0.25) is 0 Å². The fraction of sp³-hybridized carbons (Fsp3) is 0.360. The molecule has 0 aliphatic carbocycles. The topological polar surface area (TPSA) is 123 Å². The summed E-state index contributed by atoms with van der Waals surface area (Å²) >= 11 is 1.56. The highest BCUT2D eigenvalue weighted by molar-refractivity contribution is 7.09. The van der Waals surface area contributed by atoms with Crippen LogP contribution >= 0.6 is 11.3 Å². The average Bonchev–Trinajstić information content (AvgIpc) is 3.26. The van der Waals surface area contributed by atoms with Gasteiger partial charge in [0.25, 0.3) is 11.5 Å². The Morgan fingerprint density at radius 3 is 2.71 bits per heavy atom. The number of benzene rings is 1. The summed E-state index contributed by atoms with van der Waals surface area (Å²) in [6.07, 6.45) is 5.16. The molecule has 0 atom stereocenters. The second kappa shape index (κ2) is 12.2. The molecule has 3 aromatic rings. The van der Waals surface area contributed by atoms with Gasteiger partial charge in [0.1, 0.15) is 18.2 Å². The van der Waals surface area contributed by atoms with Crippen molar-refractivity contribution in [3.8, 4) is 5.75 Å². The van der Waals surface area contributed by atoms with E-state index < -0.39 is 17.2 Å². The summed E-state index contributed by atoms with van der Waals surface area (Å²) in [6, 6.07) is 7.36. The molecule has 0 saturated carbocycles. The molecule has 9 nitrogen and oxygen atoms in total. The molecule has 2 aromatic heterocycles. The van der Waals surface area contributed by atoms with Gasteiger partial charge in [-0.25, -0.2) is 9.78 Å². The van der Waals surface area contributed by atoms with Gasteiger partial charge in [-0.15, -0.1) is 11.3 Å². The van der Waals surface area contributed by atoms with Crippen LogP contribution in [0.1, 0.15) is 49.4 Å². The Balaban J connectivity index is 1.89. The number of aromatic nitrogens is 3. The molecule has 0 saturated heterocycles. The molecule has 186 valence electrons. The van der Waals surface area contributed by atoms with E-state index in [9.17, 15) is 14.4 Å². The van der Waals surface area contributed by atoms with Crippen LogP contribution in [0, 0.1) is 6.92 Å². The van der Waals surface area contributed by atoms with E-state index in [-0.39, 0.29) is 11.5 Å². The van der Waals surface area contributed by atoms with Crippen molar-refractivity contribution < 1.29 is 9.53 Å². The van der Waals surface area contributed by atoms with E-state index in [0.717, 1.165) is 17.1 Å². The highest BCUT2D eigenvalue weighted by Crippen LogP contribution is 2.23. The number of carbonyl (C=O) groups is 1. The predicted octanol–water partition coefficient (Wildman–Crippen LogP) is 3.72. The summed E-state index contributed by atoms with van der Waals surface area (Å²) in [5.74, 6) is 0.180. The Labute approximate surface area is 207 Å². The smallest absolute Gasteiger partial charge is 0.330 e. The molecule has 10 heteroatoms. The maximum absolute atomic E-state index is 13.3. The maximum atomic E-state index is 13.3. The van der Waals surface area contributed by atoms with Crippen molar-refractivity contribution in [1.82, 2.24) is 14.5 Å². The minimum absolute atomic E-state index is 0.00964. The largest absolute Gasteiger partial charge is 0.487 e. The van der Waals surface area contributed by atoms with Crippen molar-refractivity contribution in [2.75, 3.05) is 17.2 Å². The van der Waals surface area contributed by atoms with Gasteiger partial charge in [0.15, 0.2) is 5.69 Å². The molecule has 0 spiro atoms. The number of rotatable bonds is 11. The first kappa shape index (κ1) is 26.0. The third kappa shape index (κ3) is 6.48. The lowest BCUT2D eigenvalue weighted by atomic mass is 10.1. The number of nitrogen functional groups attached to an aromatic ring is 1. The number of aryl methyl sites for hydroxylation is 1. The number of thiazole rings is 1. The Morgan fingerprint density at radius 1 is 1.26 bits per heavy atom. The lowest BCUT2D eigenvalue weighted by Gasteiger charge is -2.23. The van der Waals surface area contributed by atoms with Crippen LogP contribution in [0.5, 0.6) is 5.75 Å². The summed E-state index contributed by atoms with van der Waals surface area (Å²) < 4.78 is 7.22. The Bertz CT molecular complexity index is 1310. The highest BCUT2D eigenvalue weighted by Gasteiger charge is 2.22. The fourth-order valence-corrected chi connectivity index (χ4v) is 4.16. The van der Waals surface area contributed by atoms with Crippen molar-refractivity contribution in [1.29, 1.82) is 0 Å². The third-order valence-corrected chi connectivity index (χ3v) is 6.12. The van der Waals surface area contributed by atoms with E-state index in [1.807, 2.05) is 50.4 Å². The van der Waals surface area contributed by atoms with E-state index in [1.165, 1.54) is 15.5 Å². The van der Waals surface area contributed by atoms with Crippen molar-refractivity contribution in [3.05, 3.63) is 72.8 Å². The summed E-state index contributed by atoms with van der Waals surface area (Å²) in [7, 11) is 0. The van der Waals surface area contributed by atoms with Gasteiger partial charge in [0, 0.05) is 30.1 Å². The first-order chi connectivity index (χ1) is 16.8. The lowest BCUT2D eigenvalue weighted by molar-refractivity contribution is -0.114. The van der Waals surface area contributed by atoms with Crippen molar-refractivity contribution >= 4 is 34.8 Å². The van der Waals surface area contributed by atoms with Crippen LogP contribution < -0.4 is 26.6 Å². The molecular formula is C25H31N5O4S. The number of nitrogens with two attached hydrogens (primary N) is 1. The molecule has 0 aliphatic rings. The van der Waals surface area contributed by atoms with E-state index >= 15 is 0 Å². The number of nitrogens with one attached hydrogen (secondary N) is 1. The molecular weight excluding hydrogens is 466 g/mol. The second-order valence-electron chi connectivity index (χ2n) is 8.01. The van der Waals surface area contributed by atoms with Gasteiger partial charge in [-0.3, -0.25) is 19.1 Å². The van der Waals surface area contributed by atoms with Crippen molar-refractivity contribution in [3.63, 3.8) is 0 Å². The Kier molecular flexibility index (Phi) is 9.02. The van der Waals surface area contributed by atoms with Gasteiger partial charge in [0.2, 0.25) is 0 Å². The van der Waals surface area contributed by atoms with Crippen LogP contribution in [-0.4, -0.2) is 27.0 Å². The summed E-state index contributed by atoms with van der Waals surface area (Å²) in [4.78, 5) is 46.2. The molecule has 1 amide bonds. The summed E-state index contributed by atoms with van der Waals surface area (Å²) in [5.41, 5.74) is 6.48. The lowest BCUT2D eigenvalue weighted by Crippen LogP contribution is -2.41. The number of carbonyl (C=O) groups excluding carboxylic acids is 1. The van der Waals surface area contributed by atoms with E-state index in [0.29, 0.717) is 43.9 Å². The molecule has 0 radical (unpaired) electrons. The van der Waals surface area contributed by atoms with Crippen LogP contribution in [0.4, 0.5) is 11.5 Å². The fourth-order valence-electron chi connectivity index (χ4n) is 3.56. The monoisotopic (exact) mass is 497 g/mol. The number of para-hydroxylation sites is 1. The van der Waals surface area contributed by atoms with Crippen LogP contribution in [0.3, 0.4) is 0 Å². The van der Waals surface area contributed by atoms with Gasteiger partial charge in [-0.2, -0.15) is 0 Å². The zero-order valence-electron chi connectivity index (χ0n) is 20.2. The number of hydrogen-bond donors (Lipinski definition) is 2. The standard InChI is InChI=1S/C25H31N5O4S/c1-4-6-14-29(22-23(26)30(13-5-2)25(33)28-24(22)32)21(31)12-11-18-9-7-8-10-20(18)34-15-19-16-35-17(3)27-19/h7-12,16H,4-6,13-15,26H2,1-3H3,(H,28,32,33)/b12-11+. The minimum Gasteiger partial charge on any atom is -0.487 e. The first-order valence-corrected chi connectivity index (χ1v) is 12.5. The van der Waals surface area contributed by atoms with Crippen LogP contribution in [0.25, 0.3) is 6.08 Å². The van der Waals surface area contributed by atoms with Crippen molar-refractivity contribution in [2.24, 2.45) is 0 Å². The SMILES string of the molecule is CCCCN(C(=O)/C=C/c1ccccc1OCc1csc(C)n1)c1c(N)n(CCC)c(=O)[nH]c1=O. The molecule has 35 heavy (non-hydrogen) atoms. The molecule has 2 heterocycles. The second-order valence-corrected chi connectivity index (χ2v) is 9.07. The number of unbranched alkanes of at least 4 members (excludes halogenated alkanes) is 1. The first-order valence-electron chi connectivity index (χ1n) is 11.6. The highest BCUT2D eigenvalue weighted by atomic mass is 32.1. The number of ether oxygens (including phenoxy) is 1. The van der Waals surface area contributed by atoms with Gasteiger partial charge in [-0.05, 0) is 31.9 Å². The minimum atomic E-state index is -0.681. The number of aromatic amines is 1. The molecule has 0 aliphatic heterocycles. The number of H-pyrrole nitrogens is 1. The summed E-state index contributed by atoms with van der Waals surface area (Å²) in [6.45, 7) is 6.77. The number of hydrogen-bond acceptors (Lipinski definition) is 7. The zero-order valence-corrected chi connectivity index (χ0v) is 21.1. The van der Waals surface area contributed by atoms with Gasteiger partial charge in [-0.1, -0.05) is 38.5 Å². The molecule has 0 unspecified atom stereocenters. The van der Waals surface area contributed by atoms with Crippen LogP contribution in [0.15, 0.2) is 45.3 Å². The van der Waals surface area contributed by atoms with E-state index in [1.54, 1.807) is 17.4 Å². The van der Waals surface area contributed by atoms with E-state index in [2.05, 4.69) is 9.97 Å². The van der Waals surface area contributed by atoms with Gasteiger partial charge < -0.3 is 15.4 Å². The van der Waals surface area contributed by atoms with Gasteiger partial charge >= 0.3 is 5.69 Å². The molecule has 3 rings (SSSR count). The number of anilines is 2. The molecule has 0 fully saturated rings. The normalized spacial score (nSPS) is 11.2. The molecule has 3 N–H and O–H groups in total. The Morgan fingerprint density at radius 2 is 2.03 bits per heavy atom. The van der Waals surface area contributed by atoms with Gasteiger partial charge in [0.05, 0.1) is 10.7 Å². The number of nitrogens with zero attached hydrogens (tertiary/aromatic N) is 3. The average molecular weight is 498 g/mol.